The van der Waals surface area contributed by atoms with Crippen molar-refractivity contribution in [1.82, 2.24) is 19.4 Å². The molecule has 0 saturated carbocycles. The van der Waals surface area contributed by atoms with Crippen molar-refractivity contribution >= 4 is 34.5 Å². The van der Waals surface area contributed by atoms with Gasteiger partial charge in [-0.25, -0.2) is 14.8 Å². The summed E-state index contributed by atoms with van der Waals surface area (Å²) in [5.74, 6) is 1.26. The lowest BCUT2D eigenvalue weighted by molar-refractivity contribution is 0.222. The van der Waals surface area contributed by atoms with Crippen LogP contribution in [0.4, 0.5) is 10.5 Å². The lowest BCUT2D eigenvalue weighted by atomic mass is 10.1. The number of aromatic nitrogens is 3. The molecular weight excluding hydrogens is 362 g/mol. The maximum absolute atomic E-state index is 12.6. The van der Waals surface area contributed by atoms with Crippen LogP contribution in [0.3, 0.4) is 0 Å². The largest absolute Gasteiger partial charge is 0.324 e. The number of imidazole rings is 1. The summed E-state index contributed by atoms with van der Waals surface area (Å²) in [5.41, 5.74) is 2.60. The molecule has 2 aromatic heterocycles. The second kappa shape index (κ2) is 7.56. The molecule has 6 nitrogen and oxygen atoms in total. The number of nitrogens with one attached hydrogen (secondary N) is 1. The third kappa shape index (κ3) is 3.62. The number of urea groups is 1. The maximum atomic E-state index is 12.6. The summed E-state index contributed by atoms with van der Waals surface area (Å²) in [5, 5.41) is 3.59. The molecule has 3 aromatic rings. The Morgan fingerprint density at radius 3 is 2.89 bits per heavy atom. The van der Waals surface area contributed by atoms with Crippen molar-refractivity contribution in [3.8, 4) is 0 Å². The highest BCUT2D eigenvalue weighted by molar-refractivity contribution is 6.30. The van der Waals surface area contributed by atoms with Crippen LogP contribution in [0.5, 0.6) is 0 Å². The van der Waals surface area contributed by atoms with Crippen LogP contribution < -0.4 is 5.32 Å². The molecule has 0 aliphatic carbocycles. The van der Waals surface area contributed by atoms with Crippen LogP contribution in [0, 0.1) is 0 Å². The van der Waals surface area contributed by atoms with Gasteiger partial charge in [0.2, 0.25) is 0 Å². The van der Waals surface area contributed by atoms with Crippen LogP contribution in [0.15, 0.2) is 42.6 Å². The zero-order valence-corrected chi connectivity index (χ0v) is 16.0. The van der Waals surface area contributed by atoms with Crippen molar-refractivity contribution in [3.63, 3.8) is 0 Å². The predicted molar refractivity (Wildman–Crippen MR) is 107 cm³/mol. The van der Waals surface area contributed by atoms with Crippen LogP contribution in [0.25, 0.3) is 11.2 Å². The average Bonchev–Trinajstić information content (AvgIpc) is 3.29. The Balaban J connectivity index is 1.51. The Kier molecular flexibility index (Phi) is 4.99. The predicted octanol–water partition coefficient (Wildman–Crippen LogP) is 4.52. The smallest absolute Gasteiger partial charge is 0.321 e. The highest BCUT2D eigenvalue weighted by Crippen LogP contribution is 2.29. The minimum atomic E-state index is -0.0869. The highest BCUT2D eigenvalue weighted by Gasteiger charge is 2.31. The molecule has 1 aliphatic rings. The van der Waals surface area contributed by atoms with E-state index >= 15 is 0 Å². The van der Waals surface area contributed by atoms with Crippen LogP contribution in [0.2, 0.25) is 5.02 Å². The standard InChI is InChI=1S/C20H22ClN5O/c1-2-11-26-18(24-17-4-3-10-22-19(17)26)14-9-12-25(13-14)20(27)23-16-7-5-15(21)6-8-16/h3-8,10,14H,2,9,11-13H2,1H3,(H,23,27)/t14-/m0/s1. The van der Waals surface area contributed by atoms with Crippen molar-refractivity contribution in [1.29, 1.82) is 0 Å². The molecule has 27 heavy (non-hydrogen) atoms. The number of fused-ring (bicyclic) bond motifs is 1. The van der Waals surface area contributed by atoms with Gasteiger partial charge in [0.05, 0.1) is 0 Å². The molecule has 1 N–H and O–H groups in total. The number of anilines is 1. The van der Waals surface area contributed by atoms with Gasteiger partial charge < -0.3 is 14.8 Å². The van der Waals surface area contributed by atoms with Crippen LogP contribution >= 0.6 is 11.6 Å². The second-order valence-corrected chi connectivity index (χ2v) is 7.27. The van der Waals surface area contributed by atoms with Gasteiger partial charge in [0, 0.05) is 42.5 Å². The van der Waals surface area contributed by atoms with Crippen LogP contribution in [-0.4, -0.2) is 38.6 Å². The third-order valence-corrected chi connectivity index (χ3v) is 5.17. The monoisotopic (exact) mass is 383 g/mol. The topological polar surface area (TPSA) is 63.1 Å². The first-order valence-corrected chi connectivity index (χ1v) is 9.66. The number of benzene rings is 1. The van der Waals surface area contributed by atoms with Gasteiger partial charge in [-0.15, -0.1) is 0 Å². The summed E-state index contributed by atoms with van der Waals surface area (Å²) in [6.07, 6.45) is 3.73. The number of rotatable bonds is 4. The minimum absolute atomic E-state index is 0.0869. The summed E-state index contributed by atoms with van der Waals surface area (Å²) in [6.45, 7) is 4.41. The zero-order valence-electron chi connectivity index (χ0n) is 15.2. The number of halogens is 1. The number of nitrogens with zero attached hydrogens (tertiary/aromatic N) is 4. The van der Waals surface area contributed by atoms with E-state index in [2.05, 4.69) is 21.8 Å². The number of aryl methyl sites for hydroxylation is 1. The fourth-order valence-corrected chi connectivity index (χ4v) is 3.75. The van der Waals surface area contributed by atoms with Gasteiger partial charge in [0.15, 0.2) is 5.65 Å². The van der Waals surface area contributed by atoms with E-state index in [0.29, 0.717) is 18.1 Å². The molecule has 0 spiro atoms. The van der Waals surface area contributed by atoms with E-state index in [-0.39, 0.29) is 11.9 Å². The van der Waals surface area contributed by atoms with E-state index in [0.717, 1.165) is 42.1 Å². The van der Waals surface area contributed by atoms with Crippen molar-refractivity contribution in [2.75, 3.05) is 18.4 Å². The molecule has 7 heteroatoms. The molecule has 1 atom stereocenters. The highest BCUT2D eigenvalue weighted by atomic mass is 35.5. The lowest BCUT2D eigenvalue weighted by Gasteiger charge is -2.18. The van der Waals surface area contributed by atoms with E-state index < -0.39 is 0 Å². The first-order chi connectivity index (χ1) is 13.2. The van der Waals surface area contributed by atoms with Crippen LogP contribution in [0.1, 0.15) is 31.5 Å². The molecule has 140 valence electrons. The number of carbonyl (C=O) groups excluding carboxylic acids is 1. The maximum Gasteiger partial charge on any atom is 0.321 e. The Morgan fingerprint density at radius 1 is 1.30 bits per heavy atom. The number of hydrogen-bond acceptors (Lipinski definition) is 3. The molecule has 0 radical (unpaired) electrons. The normalized spacial score (nSPS) is 16.8. The van der Waals surface area contributed by atoms with Gasteiger partial charge in [-0.2, -0.15) is 0 Å². The van der Waals surface area contributed by atoms with Gasteiger partial charge in [-0.3, -0.25) is 0 Å². The molecule has 3 heterocycles. The molecule has 1 aliphatic heterocycles. The average molecular weight is 384 g/mol. The molecular formula is C20H22ClN5O. The summed E-state index contributed by atoms with van der Waals surface area (Å²) >= 11 is 5.90. The molecule has 1 fully saturated rings. The Morgan fingerprint density at radius 2 is 2.11 bits per heavy atom. The first kappa shape index (κ1) is 17.8. The Labute approximate surface area is 163 Å². The zero-order chi connectivity index (χ0) is 18.8. The number of carbonyl (C=O) groups is 1. The van der Waals surface area contributed by atoms with Crippen LogP contribution in [-0.2, 0) is 6.54 Å². The molecule has 2 amide bonds. The summed E-state index contributed by atoms with van der Waals surface area (Å²) < 4.78 is 2.21. The number of amides is 2. The van der Waals surface area contributed by atoms with Gasteiger partial charge in [0.1, 0.15) is 11.3 Å². The number of likely N-dealkylation sites (tertiary alicyclic amines) is 1. The van der Waals surface area contributed by atoms with E-state index in [1.165, 1.54) is 0 Å². The van der Waals surface area contributed by atoms with Gasteiger partial charge in [-0.05, 0) is 49.2 Å². The number of pyridine rings is 1. The SMILES string of the molecule is CCCn1c([C@H]2CCN(C(=O)Nc3ccc(Cl)cc3)C2)nc2cccnc21. The quantitative estimate of drug-likeness (QED) is 0.720. The molecule has 4 rings (SSSR count). The Bertz CT molecular complexity index is 953. The number of hydrogen-bond donors (Lipinski definition) is 1. The summed E-state index contributed by atoms with van der Waals surface area (Å²) in [4.78, 5) is 23.8. The summed E-state index contributed by atoms with van der Waals surface area (Å²) in [7, 11) is 0. The fraction of sp³-hybridized carbons (Fsp3) is 0.350. The van der Waals surface area contributed by atoms with Crippen molar-refractivity contribution in [2.24, 2.45) is 0 Å². The van der Waals surface area contributed by atoms with Crippen molar-refractivity contribution < 1.29 is 4.79 Å². The van der Waals surface area contributed by atoms with Gasteiger partial charge in [-0.1, -0.05) is 18.5 Å². The summed E-state index contributed by atoms with van der Waals surface area (Å²) in [6, 6.07) is 11.0. The minimum Gasteiger partial charge on any atom is -0.324 e. The Hall–Kier alpha value is -2.60. The molecule has 0 bridgehead atoms. The first-order valence-electron chi connectivity index (χ1n) is 9.28. The molecule has 1 saturated heterocycles. The van der Waals surface area contributed by atoms with E-state index in [1.807, 2.05) is 17.0 Å². The molecule has 0 unspecified atom stereocenters. The van der Waals surface area contributed by atoms with Crippen molar-refractivity contribution in [2.45, 2.75) is 32.2 Å². The van der Waals surface area contributed by atoms with E-state index in [4.69, 9.17) is 16.6 Å². The van der Waals surface area contributed by atoms with E-state index in [9.17, 15) is 4.79 Å². The van der Waals surface area contributed by atoms with E-state index in [1.54, 1.807) is 30.5 Å². The fourth-order valence-electron chi connectivity index (χ4n) is 3.62. The lowest BCUT2D eigenvalue weighted by Crippen LogP contribution is -2.33. The van der Waals surface area contributed by atoms with Gasteiger partial charge in [0.25, 0.3) is 0 Å². The second-order valence-electron chi connectivity index (χ2n) is 6.84. The third-order valence-electron chi connectivity index (χ3n) is 4.92. The van der Waals surface area contributed by atoms with Gasteiger partial charge >= 0.3 is 6.03 Å². The van der Waals surface area contributed by atoms with Crippen molar-refractivity contribution in [3.05, 3.63) is 53.4 Å². The molecule has 1 aromatic carbocycles.